The number of hydrogen-bond acceptors (Lipinski definition) is 1. The van der Waals surface area contributed by atoms with Crippen molar-refractivity contribution in [3.8, 4) is 0 Å². The summed E-state index contributed by atoms with van der Waals surface area (Å²) in [4.78, 5) is 0. The molecule has 0 saturated carbocycles. The lowest BCUT2D eigenvalue weighted by molar-refractivity contribution is 0.602. The Bertz CT molecular complexity index is 183. The van der Waals surface area contributed by atoms with Crippen LogP contribution in [0.5, 0.6) is 0 Å². The van der Waals surface area contributed by atoms with E-state index in [2.05, 4.69) is 25.1 Å². The van der Waals surface area contributed by atoms with Gasteiger partial charge in [-0.2, -0.15) is 5.10 Å². The van der Waals surface area contributed by atoms with E-state index >= 15 is 0 Å². The smallest absolute Gasteiger partial charge is 0.0521 e. The van der Waals surface area contributed by atoms with Crippen molar-refractivity contribution in [2.24, 2.45) is 0 Å². The molecular weight excluding hydrogens is 136 g/mol. The minimum absolute atomic E-state index is 1.05. The van der Waals surface area contributed by atoms with E-state index in [-0.39, 0.29) is 0 Å². The molecule has 0 aliphatic heterocycles. The molecule has 0 radical (unpaired) electrons. The van der Waals surface area contributed by atoms with Crippen LogP contribution in [0.4, 0.5) is 0 Å². The van der Waals surface area contributed by atoms with Crippen molar-refractivity contribution < 1.29 is 0 Å². The van der Waals surface area contributed by atoms with Crippen LogP contribution in [0.3, 0.4) is 0 Å². The van der Waals surface area contributed by atoms with Crippen LogP contribution in [0.25, 0.3) is 0 Å². The summed E-state index contributed by atoms with van der Waals surface area (Å²) in [6, 6.07) is 0. The minimum Gasteiger partial charge on any atom is -0.272 e. The molecule has 1 rings (SSSR count). The van der Waals surface area contributed by atoms with Crippen molar-refractivity contribution in [3.63, 3.8) is 0 Å². The van der Waals surface area contributed by atoms with Crippen LogP contribution in [0, 0.1) is 0 Å². The molecule has 0 unspecified atom stereocenters. The summed E-state index contributed by atoms with van der Waals surface area (Å²) >= 11 is 0. The number of rotatable bonds is 4. The SMILES string of the molecule is CCCc1cnn(CCC)c1. The molecular formula is C9H16N2. The summed E-state index contributed by atoms with van der Waals surface area (Å²) in [5.41, 5.74) is 1.36. The number of hydrogen-bond donors (Lipinski definition) is 0. The fraction of sp³-hybridized carbons (Fsp3) is 0.667. The van der Waals surface area contributed by atoms with Crippen molar-refractivity contribution in [2.75, 3.05) is 0 Å². The summed E-state index contributed by atoms with van der Waals surface area (Å²) in [6.45, 7) is 5.40. The molecule has 62 valence electrons. The Kier molecular flexibility index (Phi) is 3.14. The van der Waals surface area contributed by atoms with Gasteiger partial charge in [0.2, 0.25) is 0 Å². The van der Waals surface area contributed by atoms with Gasteiger partial charge in [-0.3, -0.25) is 4.68 Å². The van der Waals surface area contributed by atoms with Gasteiger partial charge in [-0.05, 0) is 18.4 Å². The zero-order chi connectivity index (χ0) is 8.10. The van der Waals surface area contributed by atoms with Gasteiger partial charge in [-0.15, -0.1) is 0 Å². The Morgan fingerprint density at radius 2 is 2.18 bits per heavy atom. The van der Waals surface area contributed by atoms with E-state index in [9.17, 15) is 0 Å². The molecule has 0 spiro atoms. The summed E-state index contributed by atoms with van der Waals surface area (Å²) in [6.07, 6.45) is 7.64. The Labute approximate surface area is 68.2 Å². The molecule has 0 N–H and O–H groups in total. The zero-order valence-electron chi connectivity index (χ0n) is 7.38. The normalized spacial score (nSPS) is 10.4. The third-order valence-corrected chi connectivity index (χ3v) is 1.68. The Hall–Kier alpha value is -0.790. The first-order chi connectivity index (χ1) is 5.36. The van der Waals surface area contributed by atoms with Gasteiger partial charge >= 0.3 is 0 Å². The fourth-order valence-corrected chi connectivity index (χ4v) is 1.18. The number of nitrogens with zero attached hydrogens (tertiary/aromatic N) is 2. The molecule has 2 nitrogen and oxygen atoms in total. The maximum atomic E-state index is 4.24. The summed E-state index contributed by atoms with van der Waals surface area (Å²) < 4.78 is 2.02. The van der Waals surface area contributed by atoms with Gasteiger partial charge in [0.15, 0.2) is 0 Å². The molecule has 0 bridgehead atoms. The predicted molar refractivity (Wildman–Crippen MR) is 46.5 cm³/mol. The standard InChI is InChI=1S/C9H16N2/c1-3-5-9-7-10-11(8-9)6-4-2/h7-8H,3-6H2,1-2H3. The highest BCUT2D eigenvalue weighted by molar-refractivity contribution is 5.03. The molecule has 1 heterocycles. The second-order valence-electron chi connectivity index (χ2n) is 2.86. The van der Waals surface area contributed by atoms with E-state index in [1.54, 1.807) is 0 Å². The topological polar surface area (TPSA) is 17.8 Å². The van der Waals surface area contributed by atoms with Crippen molar-refractivity contribution in [1.82, 2.24) is 9.78 Å². The Morgan fingerprint density at radius 1 is 1.36 bits per heavy atom. The van der Waals surface area contributed by atoms with Crippen molar-refractivity contribution in [1.29, 1.82) is 0 Å². The summed E-state index contributed by atoms with van der Waals surface area (Å²) in [5, 5.41) is 4.24. The van der Waals surface area contributed by atoms with E-state index < -0.39 is 0 Å². The van der Waals surface area contributed by atoms with Gasteiger partial charge in [0.1, 0.15) is 0 Å². The van der Waals surface area contributed by atoms with Crippen LogP contribution in [-0.2, 0) is 13.0 Å². The van der Waals surface area contributed by atoms with Crippen LogP contribution in [0.15, 0.2) is 12.4 Å². The predicted octanol–water partition coefficient (Wildman–Crippen LogP) is 2.25. The van der Waals surface area contributed by atoms with E-state index in [1.807, 2.05) is 10.9 Å². The van der Waals surface area contributed by atoms with Crippen LogP contribution >= 0.6 is 0 Å². The zero-order valence-corrected chi connectivity index (χ0v) is 7.38. The monoisotopic (exact) mass is 152 g/mol. The molecule has 1 aromatic rings. The highest BCUT2D eigenvalue weighted by Crippen LogP contribution is 2.01. The Morgan fingerprint density at radius 3 is 2.82 bits per heavy atom. The quantitative estimate of drug-likeness (QED) is 0.647. The molecule has 0 aliphatic carbocycles. The van der Waals surface area contributed by atoms with Gasteiger partial charge in [-0.1, -0.05) is 20.3 Å². The average molecular weight is 152 g/mol. The van der Waals surface area contributed by atoms with Crippen molar-refractivity contribution in [3.05, 3.63) is 18.0 Å². The minimum atomic E-state index is 1.05. The molecule has 0 amide bonds. The lowest BCUT2D eigenvalue weighted by Crippen LogP contribution is -1.95. The van der Waals surface area contributed by atoms with Crippen LogP contribution in [-0.4, -0.2) is 9.78 Å². The van der Waals surface area contributed by atoms with Crippen molar-refractivity contribution >= 4 is 0 Å². The van der Waals surface area contributed by atoms with Gasteiger partial charge in [0.25, 0.3) is 0 Å². The van der Waals surface area contributed by atoms with E-state index in [0.717, 1.165) is 19.4 Å². The maximum absolute atomic E-state index is 4.24. The lowest BCUT2D eigenvalue weighted by atomic mass is 10.2. The summed E-state index contributed by atoms with van der Waals surface area (Å²) in [5.74, 6) is 0. The Balaban J connectivity index is 2.51. The maximum Gasteiger partial charge on any atom is 0.0521 e. The fourth-order valence-electron chi connectivity index (χ4n) is 1.18. The number of aromatic nitrogens is 2. The highest BCUT2D eigenvalue weighted by Gasteiger charge is 1.94. The first-order valence-electron chi connectivity index (χ1n) is 4.38. The highest BCUT2D eigenvalue weighted by atomic mass is 15.3. The van der Waals surface area contributed by atoms with Crippen LogP contribution in [0.2, 0.25) is 0 Å². The van der Waals surface area contributed by atoms with Gasteiger partial charge < -0.3 is 0 Å². The molecule has 0 saturated heterocycles. The average Bonchev–Trinajstić information content (AvgIpc) is 2.38. The third-order valence-electron chi connectivity index (χ3n) is 1.68. The van der Waals surface area contributed by atoms with Gasteiger partial charge in [-0.25, -0.2) is 0 Å². The van der Waals surface area contributed by atoms with E-state index in [4.69, 9.17) is 0 Å². The lowest BCUT2D eigenvalue weighted by Gasteiger charge is -1.94. The van der Waals surface area contributed by atoms with Crippen molar-refractivity contribution in [2.45, 2.75) is 39.7 Å². The van der Waals surface area contributed by atoms with E-state index in [1.165, 1.54) is 12.0 Å². The number of aryl methyl sites for hydroxylation is 2. The molecule has 0 aromatic carbocycles. The molecule has 0 aliphatic rings. The van der Waals surface area contributed by atoms with Gasteiger partial charge in [0.05, 0.1) is 6.20 Å². The van der Waals surface area contributed by atoms with Gasteiger partial charge in [0, 0.05) is 12.7 Å². The first kappa shape index (κ1) is 8.31. The first-order valence-corrected chi connectivity index (χ1v) is 4.38. The molecule has 11 heavy (non-hydrogen) atoms. The largest absolute Gasteiger partial charge is 0.272 e. The third kappa shape index (κ3) is 2.37. The van der Waals surface area contributed by atoms with Crippen LogP contribution in [0.1, 0.15) is 32.3 Å². The molecule has 0 atom stereocenters. The molecule has 0 fully saturated rings. The molecule has 2 heteroatoms. The van der Waals surface area contributed by atoms with E-state index in [0.29, 0.717) is 0 Å². The second-order valence-corrected chi connectivity index (χ2v) is 2.86. The summed E-state index contributed by atoms with van der Waals surface area (Å²) in [7, 11) is 0. The molecule has 1 aromatic heterocycles. The second kappa shape index (κ2) is 4.16. The van der Waals surface area contributed by atoms with Crippen LogP contribution < -0.4 is 0 Å².